The van der Waals surface area contributed by atoms with E-state index in [1.807, 2.05) is 18.2 Å². The molecular weight excluding hydrogens is 280 g/mol. The maximum Gasteiger partial charge on any atom is 0.107 e. The fraction of sp³-hybridized carbons (Fsp3) is 0.471. The molecule has 1 N–H and O–H groups in total. The van der Waals surface area contributed by atoms with E-state index in [4.69, 9.17) is 9.72 Å². The summed E-state index contributed by atoms with van der Waals surface area (Å²) in [5, 5.41) is 6.90. The van der Waals surface area contributed by atoms with Crippen molar-refractivity contribution in [2.24, 2.45) is 5.41 Å². The van der Waals surface area contributed by atoms with Crippen LogP contribution in [0.15, 0.2) is 35.7 Å². The third-order valence-corrected chi connectivity index (χ3v) is 5.43. The van der Waals surface area contributed by atoms with Crippen LogP contribution in [0.1, 0.15) is 25.3 Å². The fourth-order valence-corrected chi connectivity index (χ4v) is 3.73. The molecule has 1 aromatic carbocycles. The van der Waals surface area contributed by atoms with Gasteiger partial charge >= 0.3 is 0 Å². The second-order valence-corrected chi connectivity index (χ2v) is 7.15. The Hall–Kier alpha value is -1.23. The Morgan fingerprint density at radius 2 is 2.10 bits per heavy atom. The van der Waals surface area contributed by atoms with Gasteiger partial charge in [-0.25, -0.2) is 4.98 Å². The van der Waals surface area contributed by atoms with Crippen LogP contribution < -0.4 is 5.32 Å². The zero-order chi connectivity index (χ0) is 14.9. The smallest absolute Gasteiger partial charge is 0.107 e. The quantitative estimate of drug-likeness (QED) is 0.914. The van der Waals surface area contributed by atoms with Gasteiger partial charge in [0.1, 0.15) is 5.01 Å². The molecule has 1 aliphatic carbocycles. The van der Waals surface area contributed by atoms with Gasteiger partial charge in [0.25, 0.3) is 0 Å². The zero-order valence-electron chi connectivity index (χ0n) is 12.8. The Kier molecular flexibility index (Phi) is 4.11. The summed E-state index contributed by atoms with van der Waals surface area (Å²) in [5.74, 6) is 0. The lowest BCUT2D eigenvalue weighted by molar-refractivity contribution is -0.0979. The van der Waals surface area contributed by atoms with Crippen molar-refractivity contribution in [1.29, 1.82) is 0 Å². The van der Waals surface area contributed by atoms with Crippen LogP contribution in [0.25, 0.3) is 11.3 Å². The number of ether oxygens (including phenoxy) is 1. The minimum atomic E-state index is 0.203. The number of rotatable bonds is 5. The first-order valence-electron chi connectivity index (χ1n) is 7.37. The summed E-state index contributed by atoms with van der Waals surface area (Å²) in [6, 6.07) is 10.8. The lowest BCUT2D eigenvalue weighted by Crippen LogP contribution is -2.60. The van der Waals surface area contributed by atoms with E-state index in [1.165, 1.54) is 5.56 Å². The average molecular weight is 302 g/mol. The summed E-state index contributed by atoms with van der Waals surface area (Å²) in [6.07, 6.45) is 1.45. The van der Waals surface area contributed by atoms with Crippen LogP contribution in [0.4, 0.5) is 0 Å². The molecule has 1 aromatic heterocycles. The summed E-state index contributed by atoms with van der Waals surface area (Å²) < 4.78 is 5.49. The molecule has 2 aromatic rings. The second-order valence-electron chi connectivity index (χ2n) is 6.21. The van der Waals surface area contributed by atoms with E-state index in [2.05, 4.69) is 36.7 Å². The van der Waals surface area contributed by atoms with Crippen molar-refractivity contribution in [2.45, 2.75) is 39.0 Å². The molecule has 21 heavy (non-hydrogen) atoms. The predicted octanol–water partition coefficient (Wildman–Crippen LogP) is 3.71. The molecule has 0 saturated heterocycles. The van der Waals surface area contributed by atoms with Crippen molar-refractivity contribution in [3.63, 3.8) is 0 Å². The Morgan fingerprint density at radius 1 is 1.33 bits per heavy atom. The molecule has 112 valence electrons. The van der Waals surface area contributed by atoms with E-state index < -0.39 is 0 Å². The van der Waals surface area contributed by atoms with E-state index in [0.717, 1.165) is 23.7 Å². The Balaban J connectivity index is 1.59. The summed E-state index contributed by atoms with van der Waals surface area (Å²) in [6.45, 7) is 5.36. The summed E-state index contributed by atoms with van der Waals surface area (Å²) in [7, 11) is 1.80. The van der Waals surface area contributed by atoms with Crippen LogP contribution in [0.2, 0.25) is 0 Å². The van der Waals surface area contributed by atoms with E-state index >= 15 is 0 Å². The van der Waals surface area contributed by atoms with E-state index in [9.17, 15) is 0 Å². The third-order valence-electron chi connectivity index (χ3n) is 4.58. The topological polar surface area (TPSA) is 34.1 Å². The van der Waals surface area contributed by atoms with Gasteiger partial charge in [0.15, 0.2) is 0 Å². The van der Waals surface area contributed by atoms with Gasteiger partial charge in [-0.3, -0.25) is 0 Å². The van der Waals surface area contributed by atoms with Gasteiger partial charge in [-0.2, -0.15) is 0 Å². The number of benzene rings is 1. The Labute approximate surface area is 130 Å². The van der Waals surface area contributed by atoms with Gasteiger partial charge in [0.05, 0.1) is 11.8 Å². The number of aromatic nitrogens is 1. The number of nitrogens with zero attached hydrogens (tertiary/aromatic N) is 1. The molecule has 3 rings (SSSR count). The predicted molar refractivity (Wildman–Crippen MR) is 87.4 cm³/mol. The highest BCUT2D eigenvalue weighted by molar-refractivity contribution is 7.09. The number of hydrogen-bond donors (Lipinski definition) is 1. The minimum Gasteiger partial charge on any atom is -0.381 e. The summed E-state index contributed by atoms with van der Waals surface area (Å²) in [5.41, 5.74) is 2.46. The molecular formula is C17H22N2OS. The molecule has 0 radical (unpaired) electrons. The van der Waals surface area contributed by atoms with Crippen molar-refractivity contribution < 1.29 is 4.74 Å². The SMILES string of the molecule is COC1CC(NCc2nc(-c3ccccc3)cs2)C1(C)C. The average Bonchev–Trinajstić information content (AvgIpc) is 2.96. The highest BCUT2D eigenvalue weighted by Crippen LogP contribution is 2.42. The molecule has 1 aliphatic rings. The zero-order valence-corrected chi connectivity index (χ0v) is 13.6. The monoisotopic (exact) mass is 302 g/mol. The van der Waals surface area contributed by atoms with Gasteiger partial charge in [0.2, 0.25) is 0 Å². The molecule has 0 spiro atoms. The highest BCUT2D eigenvalue weighted by Gasteiger charge is 2.48. The van der Waals surface area contributed by atoms with E-state index in [0.29, 0.717) is 12.1 Å². The summed E-state index contributed by atoms with van der Waals surface area (Å²) in [4.78, 5) is 4.72. The molecule has 1 fully saturated rings. The molecule has 0 aliphatic heterocycles. The maximum atomic E-state index is 5.49. The number of thiazole rings is 1. The molecule has 2 unspecified atom stereocenters. The fourth-order valence-electron chi connectivity index (χ4n) is 2.98. The van der Waals surface area contributed by atoms with Crippen LogP contribution in [0, 0.1) is 5.41 Å². The lowest BCUT2D eigenvalue weighted by Gasteiger charge is -2.51. The standard InChI is InChI=1S/C17H22N2OS/c1-17(2)14(9-15(17)20-3)18-10-16-19-13(11-21-16)12-7-5-4-6-8-12/h4-8,11,14-15,18H,9-10H2,1-3H3. The highest BCUT2D eigenvalue weighted by atomic mass is 32.1. The van der Waals surface area contributed by atoms with Gasteiger partial charge in [-0.15, -0.1) is 11.3 Å². The Bertz CT molecular complexity index is 594. The van der Waals surface area contributed by atoms with Gasteiger partial charge < -0.3 is 10.1 Å². The normalized spacial score (nSPS) is 23.8. The Morgan fingerprint density at radius 3 is 2.76 bits per heavy atom. The van der Waals surface area contributed by atoms with Crippen LogP contribution in [-0.4, -0.2) is 24.2 Å². The van der Waals surface area contributed by atoms with E-state index in [1.54, 1.807) is 18.4 Å². The molecule has 2 atom stereocenters. The maximum absolute atomic E-state index is 5.49. The number of nitrogens with one attached hydrogen (secondary N) is 1. The molecule has 0 bridgehead atoms. The van der Waals surface area contributed by atoms with Crippen molar-refractivity contribution in [2.75, 3.05) is 7.11 Å². The molecule has 3 nitrogen and oxygen atoms in total. The molecule has 4 heteroatoms. The number of methoxy groups -OCH3 is 1. The van der Waals surface area contributed by atoms with Gasteiger partial charge in [-0.05, 0) is 6.42 Å². The van der Waals surface area contributed by atoms with Crippen molar-refractivity contribution in [1.82, 2.24) is 10.3 Å². The van der Waals surface area contributed by atoms with Gasteiger partial charge in [0, 0.05) is 36.1 Å². The van der Waals surface area contributed by atoms with Crippen LogP contribution in [0.5, 0.6) is 0 Å². The van der Waals surface area contributed by atoms with Crippen molar-refractivity contribution in [3.8, 4) is 11.3 Å². The molecule has 1 saturated carbocycles. The second kappa shape index (κ2) is 5.87. The first-order valence-corrected chi connectivity index (χ1v) is 8.25. The lowest BCUT2D eigenvalue weighted by atomic mass is 9.64. The first-order chi connectivity index (χ1) is 10.1. The minimum absolute atomic E-state index is 0.203. The largest absolute Gasteiger partial charge is 0.381 e. The molecule has 1 heterocycles. The molecule has 0 amide bonds. The van der Waals surface area contributed by atoms with Crippen molar-refractivity contribution >= 4 is 11.3 Å². The van der Waals surface area contributed by atoms with Crippen LogP contribution in [-0.2, 0) is 11.3 Å². The summed E-state index contributed by atoms with van der Waals surface area (Å²) >= 11 is 1.72. The third kappa shape index (κ3) is 2.89. The number of hydrogen-bond acceptors (Lipinski definition) is 4. The van der Waals surface area contributed by atoms with Crippen LogP contribution in [0.3, 0.4) is 0 Å². The van der Waals surface area contributed by atoms with Crippen LogP contribution >= 0.6 is 11.3 Å². The van der Waals surface area contributed by atoms with E-state index in [-0.39, 0.29) is 5.41 Å². The van der Waals surface area contributed by atoms with Gasteiger partial charge in [-0.1, -0.05) is 44.2 Å². The van der Waals surface area contributed by atoms with Crippen molar-refractivity contribution in [3.05, 3.63) is 40.7 Å². The first kappa shape index (κ1) is 14.7.